The van der Waals surface area contributed by atoms with Gasteiger partial charge >= 0.3 is 0 Å². The van der Waals surface area contributed by atoms with E-state index in [-0.39, 0.29) is 5.91 Å². The van der Waals surface area contributed by atoms with Crippen molar-refractivity contribution in [1.82, 2.24) is 10.4 Å². The van der Waals surface area contributed by atoms with Crippen LogP contribution in [0.25, 0.3) is 0 Å². The smallest absolute Gasteiger partial charge is 0.294 e. The number of carbonyl (C=O) groups is 1. The van der Waals surface area contributed by atoms with E-state index < -0.39 is 0 Å². The van der Waals surface area contributed by atoms with Gasteiger partial charge in [0.2, 0.25) is 0 Å². The number of nitrogens with two attached hydrogens (primary N) is 1. The highest BCUT2D eigenvalue weighted by Gasteiger charge is 2.24. The number of aromatic nitrogens is 1. The van der Waals surface area contributed by atoms with Crippen molar-refractivity contribution >= 4 is 17.2 Å². The largest absolute Gasteiger partial charge is 0.372 e. The summed E-state index contributed by atoms with van der Waals surface area (Å²) in [6.07, 6.45) is 3.83. The highest BCUT2D eigenvalue weighted by Crippen LogP contribution is 2.30. The summed E-state index contributed by atoms with van der Waals surface area (Å²) in [7, 11) is 0. The molecule has 1 aromatic rings. The van der Waals surface area contributed by atoms with E-state index >= 15 is 0 Å². The van der Waals surface area contributed by atoms with Crippen LogP contribution >= 0.6 is 11.3 Å². The first-order chi connectivity index (χ1) is 9.08. The van der Waals surface area contributed by atoms with E-state index in [2.05, 4.69) is 24.3 Å². The van der Waals surface area contributed by atoms with E-state index in [1.165, 1.54) is 17.8 Å². The minimum Gasteiger partial charge on any atom is -0.372 e. The van der Waals surface area contributed by atoms with Crippen molar-refractivity contribution in [2.45, 2.75) is 45.8 Å². The normalized spacial score (nSPS) is 27.2. The molecule has 1 aromatic heterocycles. The van der Waals surface area contributed by atoms with Gasteiger partial charge in [0.05, 0.1) is 18.4 Å². The van der Waals surface area contributed by atoms with Gasteiger partial charge in [-0.1, -0.05) is 13.8 Å². The lowest BCUT2D eigenvalue weighted by molar-refractivity contribution is -0.0103. The molecule has 0 bridgehead atoms. The van der Waals surface area contributed by atoms with Crippen molar-refractivity contribution in [2.75, 3.05) is 0 Å². The predicted octanol–water partition coefficient (Wildman–Crippen LogP) is 2.09. The number of hydrazine groups is 1. The van der Waals surface area contributed by atoms with Crippen molar-refractivity contribution in [3.8, 4) is 0 Å². The molecule has 1 saturated carbocycles. The molecule has 0 spiro atoms. The number of nitrogens with one attached hydrogen (secondary N) is 1. The van der Waals surface area contributed by atoms with Gasteiger partial charge in [-0.3, -0.25) is 10.2 Å². The zero-order chi connectivity index (χ0) is 13.8. The third-order valence-corrected chi connectivity index (χ3v) is 4.37. The van der Waals surface area contributed by atoms with Crippen LogP contribution in [-0.2, 0) is 11.3 Å². The minimum atomic E-state index is -0.351. The lowest BCUT2D eigenvalue weighted by Gasteiger charge is -2.31. The number of amides is 1. The van der Waals surface area contributed by atoms with Gasteiger partial charge < -0.3 is 4.74 Å². The molecule has 2 rings (SSSR count). The van der Waals surface area contributed by atoms with E-state index in [0.29, 0.717) is 17.7 Å². The van der Waals surface area contributed by atoms with Crippen LogP contribution in [0.5, 0.6) is 0 Å². The molecule has 1 amide bonds. The van der Waals surface area contributed by atoms with Gasteiger partial charge in [0.15, 0.2) is 5.01 Å². The average Bonchev–Trinajstić information content (AvgIpc) is 2.83. The number of hydrogen-bond acceptors (Lipinski definition) is 5. The number of ether oxygens (including phenoxy) is 1. The molecule has 5 nitrogen and oxygen atoms in total. The Labute approximate surface area is 117 Å². The molecule has 0 aliphatic heterocycles. The first-order valence-corrected chi connectivity index (χ1v) is 7.53. The predicted molar refractivity (Wildman–Crippen MR) is 74.5 cm³/mol. The van der Waals surface area contributed by atoms with Gasteiger partial charge in [0.25, 0.3) is 5.91 Å². The van der Waals surface area contributed by atoms with Crippen LogP contribution in [0.4, 0.5) is 0 Å². The molecule has 0 saturated heterocycles. The summed E-state index contributed by atoms with van der Waals surface area (Å²) < 4.78 is 5.92. The summed E-state index contributed by atoms with van der Waals surface area (Å²) in [4.78, 5) is 15.5. The van der Waals surface area contributed by atoms with Gasteiger partial charge in [-0.05, 0) is 31.1 Å². The molecule has 1 fully saturated rings. The van der Waals surface area contributed by atoms with E-state index in [9.17, 15) is 4.79 Å². The first kappa shape index (κ1) is 14.4. The van der Waals surface area contributed by atoms with Crippen molar-refractivity contribution < 1.29 is 9.53 Å². The van der Waals surface area contributed by atoms with Crippen molar-refractivity contribution in [2.24, 2.45) is 17.7 Å². The number of rotatable bonds is 4. The maximum absolute atomic E-state index is 11.3. The Morgan fingerprint density at radius 1 is 1.47 bits per heavy atom. The van der Waals surface area contributed by atoms with Crippen LogP contribution in [0.15, 0.2) is 5.38 Å². The van der Waals surface area contributed by atoms with Crippen LogP contribution in [-0.4, -0.2) is 17.0 Å². The van der Waals surface area contributed by atoms with E-state index in [4.69, 9.17) is 10.6 Å². The number of hydrogen-bond donors (Lipinski definition) is 2. The minimum absolute atomic E-state index is 0.312. The Kier molecular flexibility index (Phi) is 4.90. The molecule has 6 heteroatoms. The molecule has 2 atom stereocenters. The summed E-state index contributed by atoms with van der Waals surface area (Å²) in [5.74, 6) is 6.17. The monoisotopic (exact) mass is 283 g/mol. The fourth-order valence-electron chi connectivity index (χ4n) is 2.75. The maximum Gasteiger partial charge on any atom is 0.294 e. The molecule has 19 heavy (non-hydrogen) atoms. The Hall–Kier alpha value is -0.980. The fourth-order valence-corrected chi connectivity index (χ4v) is 3.46. The molecule has 3 N–H and O–H groups in total. The second-order valence-electron chi connectivity index (χ2n) is 5.47. The van der Waals surface area contributed by atoms with Gasteiger partial charge in [-0.2, -0.15) is 0 Å². The molecule has 1 aliphatic rings. The number of carbonyl (C=O) groups excluding carboxylic acids is 1. The third kappa shape index (κ3) is 3.99. The molecule has 0 aromatic carbocycles. The van der Waals surface area contributed by atoms with Crippen LogP contribution in [0.1, 0.15) is 48.6 Å². The molecular formula is C13H21N3O2S. The summed E-state index contributed by atoms with van der Waals surface area (Å²) in [5, 5.41) is 2.23. The molecule has 1 aliphatic carbocycles. The number of thiazole rings is 1. The maximum atomic E-state index is 11.3. The lowest BCUT2D eigenvalue weighted by atomic mass is 9.82. The average molecular weight is 283 g/mol. The van der Waals surface area contributed by atoms with Crippen LogP contribution in [0.2, 0.25) is 0 Å². The van der Waals surface area contributed by atoms with Gasteiger partial charge in [-0.25, -0.2) is 10.8 Å². The molecule has 106 valence electrons. The Morgan fingerprint density at radius 2 is 2.16 bits per heavy atom. The van der Waals surface area contributed by atoms with Crippen LogP contribution < -0.4 is 11.3 Å². The summed E-state index contributed by atoms with van der Waals surface area (Å²) in [6, 6.07) is 0. The summed E-state index contributed by atoms with van der Waals surface area (Å²) >= 11 is 1.29. The van der Waals surface area contributed by atoms with Crippen LogP contribution in [0.3, 0.4) is 0 Å². The van der Waals surface area contributed by atoms with Gasteiger partial charge in [-0.15, -0.1) is 11.3 Å². The number of nitrogens with zero attached hydrogens (tertiary/aromatic N) is 1. The van der Waals surface area contributed by atoms with E-state index in [1.54, 1.807) is 0 Å². The standard InChI is InChI=1S/C13H21N3O2S/c1-8-3-9(2)5-11(4-8)18-6-10-7-19-13(15-10)12(17)16-14/h7-9,11H,3-6,14H2,1-2H3,(H,16,17). The van der Waals surface area contributed by atoms with Gasteiger partial charge in [0.1, 0.15) is 0 Å². The second kappa shape index (κ2) is 6.45. The number of nitrogen functional groups attached to an aromatic ring is 1. The molecule has 0 radical (unpaired) electrons. The summed E-state index contributed by atoms with van der Waals surface area (Å²) in [5.41, 5.74) is 2.88. The van der Waals surface area contributed by atoms with Crippen molar-refractivity contribution in [1.29, 1.82) is 0 Å². The fraction of sp³-hybridized carbons (Fsp3) is 0.692. The Morgan fingerprint density at radius 3 is 2.79 bits per heavy atom. The Bertz CT molecular complexity index is 425. The highest BCUT2D eigenvalue weighted by atomic mass is 32.1. The second-order valence-corrected chi connectivity index (χ2v) is 6.33. The Balaban J connectivity index is 1.85. The lowest BCUT2D eigenvalue weighted by Crippen LogP contribution is -2.29. The van der Waals surface area contributed by atoms with Crippen molar-refractivity contribution in [3.63, 3.8) is 0 Å². The molecule has 2 unspecified atom stereocenters. The zero-order valence-corrected chi connectivity index (χ0v) is 12.2. The van der Waals surface area contributed by atoms with E-state index in [0.717, 1.165) is 30.4 Å². The molecule has 1 heterocycles. The van der Waals surface area contributed by atoms with E-state index in [1.807, 2.05) is 5.38 Å². The first-order valence-electron chi connectivity index (χ1n) is 6.65. The third-order valence-electron chi connectivity index (χ3n) is 3.48. The highest BCUT2D eigenvalue weighted by molar-refractivity contribution is 7.11. The summed E-state index contributed by atoms with van der Waals surface area (Å²) in [6.45, 7) is 5.02. The zero-order valence-electron chi connectivity index (χ0n) is 11.4. The van der Waals surface area contributed by atoms with Crippen molar-refractivity contribution in [3.05, 3.63) is 16.1 Å². The molecular weight excluding hydrogens is 262 g/mol. The van der Waals surface area contributed by atoms with Crippen LogP contribution in [0, 0.1) is 11.8 Å². The van der Waals surface area contributed by atoms with Gasteiger partial charge in [0, 0.05) is 5.38 Å². The quantitative estimate of drug-likeness (QED) is 0.504. The topological polar surface area (TPSA) is 77.2 Å². The SMILES string of the molecule is CC1CC(C)CC(OCc2csc(C(=O)NN)n2)C1.